The summed E-state index contributed by atoms with van der Waals surface area (Å²) >= 11 is 0. The molecule has 5 aromatic rings. The molecule has 0 unspecified atom stereocenters. The zero-order chi connectivity index (χ0) is 29.7. The van der Waals surface area contributed by atoms with E-state index in [9.17, 15) is 13.6 Å². The standard InChI is InChI=1S/C30H26F2N8O3/c1-39-24-13-18(25-36-29(41)43-38-25)4-5-23(24)35-27(39)30(8-9-30)20-6-10-40(11-7-20)26-22(32)15-34-28(37-26)42-16-19-3-2-17(14-33)12-21(19)31/h2-5,12-13,15,20H,6-11,16H2,1H3,(H,36,38,41). The van der Waals surface area contributed by atoms with Crippen molar-refractivity contribution in [3.8, 4) is 23.5 Å². The number of nitrogens with one attached hydrogen (secondary N) is 1. The van der Waals surface area contributed by atoms with Crippen molar-refractivity contribution in [3.05, 3.63) is 81.7 Å². The number of piperidine rings is 1. The van der Waals surface area contributed by atoms with Crippen molar-refractivity contribution >= 4 is 16.9 Å². The Hall–Kier alpha value is -5.12. The van der Waals surface area contributed by atoms with Crippen molar-refractivity contribution in [2.45, 2.75) is 37.7 Å². The van der Waals surface area contributed by atoms with Gasteiger partial charge in [-0.2, -0.15) is 10.2 Å². The number of nitriles is 1. The Kier molecular flexibility index (Phi) is 6.41. The van der Waals surface area contributed by atoms with Gasteiger partial charge in [-0.15, -0.1) is 0 Å². The van der Waals surface area contributed by atoms with Gasteiger partial charge in [0, 0.05) is 36.7 Å². The molecule has 1 N–H and O–H groups in total. The minimum atomic E-state index is -0.604. The molecule has 2 fully saturated rings. The molecular weight excluding hydrogens is 558 g/mol. The Morgan fingerprint density at radius 3 is 2.65 bits per heavy atom. The SMILES string of the molecule is Cn1c(C2(C3CCN(c4nc(OCc5ccc(C#N)cc5F)ncc4F)CC3)CC2)nc2ccc(-c3noc(=O)[nH]3)cc21. The quantitative estimate of drug-likeness (QED) is 0.295. The van der Waals surface area contributed by atoms with Crippen LogP contribution in [0.5, 0.6) is 6.01 Å². The van der Waals surface area contributed by atoms with Crippen LogP contribution in [0.4, 0.5) is 14.6 Å². The fourth-order valence-corrected chi connectivity index (χ4v) is 6.24. The van der Waals surface area contributed by atoms with Crippen LogP contribution in [-0.4, -0.2) is 42.7 Å². The zero-order valence-electron chi connectivity index (χ0n) is 23.2. The van der Waals surface area contributed by atoms with E-state index in [0.717, 1.165) is 60.4 Å². The molecule has 11 nitrogen and oxygen atoms in total. The monoisotopic (exact) mass is 584 g/mol. The van der Waals surface area contributed by atoms with Gasteiger partial charge in [-0.1, -0.05) is 11.2 Å². The molecule has 4 heterocycles. The normalized spacial score (nSPS) is 16.4. The van der Waals surface area contributed by atoms with Crippen molar-refractivity contribution < 1.29 is 18.0 Å². The first-order valence-corrected chi connectivity index (χ1v) is 14.0. The Morgan fingerprint density at radius 2 is 1.95 bits per heavy atom. The first kappa shape index (κ1) is 26.8. The zero-order valence-corrected chi connectivity index (χ0v) is 23.2. The van der Waals surface area contributed by atoms with Gasteiger partial charge in [0.1, 0.15) is 18.2 Å². The largest absolute Gasteiger partial charge is 0.458 e. The molecule has 2 aromatic carbocycles. The van der Waals surface area contributed by atoms with E-state index in [1.54, 1.807) is 0 Å². The molecule has 13 heteroatoms. The average molecular weight is 585 g/mol. The van der Waals surface area contributed by atoms with Gasteiger partial charge in [-0.05, 0) is 61.9 Å². The number of fused-ring (bicyclic) bond motifs is 1. The number of aromatic amines is 1. The molecule has 1 saturated carbocycles. The van der Waals surface area contributed by atoms with Crippen LogP contribution in [0.15, 0.2) is 51.9 Å². The molecule has 1 saturated heterocycles. The molecule has 1 aliphatic carbocycles. The second kappa shape index (κ2) is 10.3. The summed E-state index contributed by atoms with van der Waals surface area (Å²) in [6.07, 6.45) is 4.81. The molecule has 0 atom stereocenters. The van der Waals surface area contributed by atoms with Gasteiger partial charge in [0.05, 0.1) is 28.9 Å². The molecular formula is C30H26F2N8O3. The van der Waals surface area contributed by atoms with E-state index in [1.807, 2.05) is 36.2 Å². The highest BCUT2D eigenvalue weighted by Crippen LogP contribution is 2.56. The van der Waals surface area contributed by atoms with Crippen LogP contribution < -0.4 is 15.4 Å². The van der Waals surface area contributed by atoms with E-state index in [4.69, 9.17) is 15.0 Å². The first-order valence-electron chi connectivity index (χ1n) is 14.0. The Labute approximate surface area is 243 Å². The minimum Gasteiger partial charge on any atom is -0.458 e. The Balaban J connectivity index is 1.05. The predicted octanol–water partition coefficient (Wildman–Crippen LogP) is 4.38. The van der Waals surface area contributed by atoms with Gasteiger partial charge in [-0.3, -0.25) is 9.51 Å². The molecule has 0 amide bonds. The smallest absolute Gasteiger partial charge is 0.439 e. The van der Waals surface area contributed by atoms with Crippen LogP contribution in [0.25, 0.3) is 22.4 Å². The van der Waals surface area contributed by atoms with Crippen LogP contribution in [-0.2, 0) is 19.1 Å². The third kappa shape index (κ3) is 4.78. The topological polar surface area (TPSA) is 139 Å². The third-order valence-corrected chi connectivity index (χ3v) is 8.65. The predicted molar refractivity (Wildman–Crippen MR) is 150 cm³/mol. The Bertz CT molecular complexity index is 1950. The van der Waals surface area contributed by atoms with Crippen LogP contribution in [0.3, 0.4) is 0 Å². The van der Waals surface area contributed by atoms with Crippen LogP contribution in [0.1, 0.15) is 42.6 Å². The molecule has 43 heavy (non-hydrogen) atoms. The third-order valence-electron chi connectivity index (χ3n) is 8.65. The lowest BCUT2D eigenvalue weighted by molar-refractivity contribution is 0.272. The summed E-state index contributed by atoms with van der Waals surface area (Å²) in [5.74, 6) is 0.218. The van der Waals surface area contributed by atoms with Crippen LogP contribution >= 0.6 is 0 Å². The summed E-state index contributed by atoms with van der Waals surface area (Å²) in [4.78, 5) is 29.2. The molecule has 3 aromatic heterocycles. The van der Waals surface area contributed by atoms with Gasteiger partial charge in [0.25, 0.3) is 0 Å². The van der Waals surface area contributed by atoms with Crippen LogP contribution in [0.2, 0.25) is 0 Å². The summed E-state index contributed by atoms with van der Waals surface area (Å²) in [6.45, 7) is 1.07. The number of ether oxygens (including phenoxy) is 1. The number of aryl methyl sites for hydroxylation is 1. The van der Waals surface area contributed by atoms with E-state index in [1.165, 1.54) is 12.1 Å². The first-order chi connectivity index (χ1) is 20.8. The lowest BCUT2D eigenvalue weighted by Gasteiger charge is -2.36. The maximum atomic E-state index is 14.8. The summed E-state index contributed by atoms with van der Waals surface area (Å²) in [6, 6.07) is 11.7. The van der Waals surface area contributed by atoms with Crippen molar-refractivity contribution in [2.24, 2.45) is 13.0 Å². The van der Waals surface area contributed by atoms with E-state index >= 15 is 0 Å². The summed E-state index contributed by atoms with van der Waals surface area (Å²) in [5.41, 5.74) is 2.96. The highest BCUT2D eigenvalue weighted by molar-refractivity contribution is 5.81. The van der Waals surface area contributed by atoms with Crippen molar-refractivity contribution in [1.82, 2.24) is 29.7 Å². The molecule has 0 radical (unpaired) electrons. The lowest BCUT2D eigenvalue weighted by atomic mass is 9.80. The second-order valence-electron chi connectivity index (χ2n) is 11.1. The number of benzene rings is 2. The average Bonchev–Trinajstić information content (AvgIpc) is 3.60. The summed E-state index contributed by atoms with van der Waals surface area (Å²) in [7, 11) is 2.01. The molecule has 2 aliphatic rings. The van der Waals surface area contributed by atoms with E-state index in [2.05, 4.69) is 29.2 Å². The van der Waals surface area contributed by atoms with Crippen molar-refractivity contribution in [1.29, 1.82) is 5.26 Å². The number of imidazole rings is 1. The lowest BCUT2D eigenvalue weighted by Crippen LogP contribution is -2.39. The maximum Gasteiger partial charge on any atom is 0.439 e. The summed E-state index contributed by atoms with van der Waals surface area (Å²) < 4.78 is 41.5. The summed E-state index contributed by atoms with van der Waals surface area (Å²) in [5, 5.41) is 12.7. The molecule has 0 spiro atoms. The van der Waals surface area contributed by atoms with Gasteiger partial charge in [0.15, 0.2) is 17.5 Å². The number of anilines is 1. The molecule has 218 valence electrons. The number of halogens is 2. The number of hydrogen-bond donors (Lipinski definition) is 1. The number of H-pyrrole nitrogens is 1. The number of aromatic nitrogens is 6. The fraction of sp³-hybridized carbons (Fsp3) is 0.333. The van der Waals surface area contributed by atoms with E-state index in [-0.39, 0.29) is 35.0 Å². The fourth-order valence-electron chi connectivity index (χ4n) is 6.24. The van der Waals surface area contributed by atoms with E-state index in [0.29, 0.717) is 24.8 Å². The molecule has 7 rings (SSSR count). The van der Waals surface area contributed by atoms with Crippen LogP contribution in [0, 0.1) is 28.9 Å². The highest BCUT2D eigenvalue weighted by atomic mass is 19.1. The van der Waals surface area contributed by atoms with Gasteiger partial charge in [-0.25, -0.2) is 23.5 Å². The molecule has 0 bridgehead atoms. The van der Waals surface area contributed by atoms with Crippen molar-refractivity contribution in [2.75, 3.05) is 18.0 Å². The van der Waals surface area contributed by atoms with Gasteiger partial charge < -0.3 is 14.2 Å². The van der Waals surface area contributed by atoms with Gasteiger partial charge in [0.2, 0.25) is 0 Å². The minimum absolute atomic E-state index is 0.0466. The molecule has 1 aliphatic heterocycles. The second-order valence-corrected chi connectivity index (χ2v) is 11.1. The number of rotatable bonds is 7. The highest BCUT2D eigenvalue weighted by Gasteiger charge is 2.54. The number of hydrogen-bond acceptors (Lipinski definition) is 9. The van der Waals surface area contributed by atoms with E-state index < -0.39 is 17.4 Å². The van der Waals surface area contributed by atoms with Gasteiger partial charge >= 0.3 is 11.8 Å². The maximum absolute atomic E-state index is 14.8. The Morgan fingerprint density at radius 1 is 1.14 bits per heavy atom. The number of nitrogens with zero attached hydrogens (tertiary/aromatic N) is 7. The van der Waals surface area contributed by atoms with Crippen molar-refractivity contribution in [3.63, 3.8) is 0 Å².